The highest BCUT2D eigenvalue weighted by atomic mass is 15.3. The predicted octanol–water partition coefficient (Wildman–Crippen LogP) is 1.95. The molecule has 0 radical (unpaired) electrons. The number of benzene rings is 1. The molecule has 7 heteroatoms. The van der Waals surface area contributed by atoms with Gasteiger partial charge in [0.15, 0.2) is 11.6 Å². The Bertz CT molecular complexity index is 811. The molecule has 0 spiro atoms. The number of para-hydroxylation sites is 1. The Morgan fingerprint density at radius 3 is 2.46 bits per heavy atom. The molecule has 2 aromatic heterocycles. The fourth-order valence-electron chi connectivity index (χ4n) is 2.55. The van der Waals surface area contributed by atoms with Crippen LogP contribution in [0.1, 0.15) is 5.56 Å². The van der Waals surface area contributed by atoms with Gasteiger partial charge in [-0.15, -0.1) is 0 Å². The molecule has 0 aliphatic carbocycles. The lowest BCUT2D eigenvalue weighted by Crippen LogP contribution is -2.21. The van der Waals surface area contributed by atoms with Gasteiger partial charge in [0.05, 0.1) is 11.9 Å². The summed E-state index contributed by atoms with van der Waals surface area (Å²) < 4.78 is 1.86. The van der Waals surface area contributed by atoms with E-state index < -0.39 is 0 Å². The van der Waals surface area contributed by atoms with E-state index in [0.29, 0.717) is 23.9 Å². The standard InChI is InChI=1S/C17H21N7/c1-22(2)16-15(18)17(20-12-19-16)23(3)10-13-9-21-24(11-13)14-7-5-4-6-8-14/h4-9,11-12H,10,18H2,1-3H3. The summed E-state index contributed by atoms with van der Waals surface area (Å²) in [6, 6.07) is 10.0. The van der Waals surface area contributed by atoms with Gasteiger partial charge in [0.2, 0.25) is 0 Å². The lowest BCUT2D eigenvalue weighted by molar-refractivity contribution is 0.873. The van der Waals surface area contributed by atoms with Crippen molar-refractivity contribution in [3.05, 3.63) is 54.6 Å². The highest BCUT2D eigenvalue weighted by Gasteiger charge is 2.14. The van der Waals surface area contributed by atoms with E-state index in [-0.39, 0.29) is 0 Å². The maximum Gasteiger partial charge on any atom is 0.157 e. The van der Waals surface area contributed by atoms with Crippen LogP contribution in [-0.2, 0) is 6.54 Å². The van der Waals surface area contributed by atoms with Crippen molar-refractivity contribution in [3.8, 4) is 5.69 Å². The molecule has 1 aromatic carbocycles. The summed E-state index contributed by atoms with van der Waals surface area (Å²) >= 11 is 0. The number of rotatable bonds is 5. The highest BCUT2D eigenvalue weighted by molar-refractivity contribution is 5.75. The zero-order valence-electron chi connectivity index (χ0n) is 14.1. The molecule has 0 amide bonds. The molecule has 0 saturated carbocycles. The van der Waals surface area contributed by atoms with Crippen LogP contribution in [-0.4, -0.2) is 40.9 Å². The fraction of sp³-hybridized carbons (Fsp3) is 0.235. The van der Waals surface area contributed by atoms with Gasteiger partial charge in [-0.05, 0) is 12.1 Å². The van der Waals surface area contributed by atoms with Crippen LogP contribution in [0.15, 0.2) is 49.1 Å². The van der Waals surface area contributed by atoms with E-state index >= 15 is 0 Å². The molecule has 0 aliphatic rings. The molecular weight excluding hydrogens is 302 g/mol. The van der Waals surface area contributed by atoms with Crippen molar-refractivity contribution in [3.63, 3.8) is 0 Å². The number of nitrogen functional groups attached to an aromatic ring is 1. The molecule has 3 rings (SSSR count). The Morgan fingerprint density at radius 2 is 1.75 bits per heavy atom. The molecule has 0 bridgehead atoms. The molecule has 0 aliphatic heterocycles. The van der Waals surface area contributed by atoms with Crippen LogP contribution in [0.3, 0.4) is 0 Å². The lowest BCUT2D eigenvalue weighted by atomic mass is 10.3. The normalized spacial score (nSPS) is 10.6. The molecule has 24 heavy (non-hydrogen) atoms. The number of hydrogen-bond acceptors (Lipinski definition) is 6. The zero-order valence-corrected chi connectivity index (χ0v) is 14.1. The van der Waals surface area contributed by atoms with Crippen LogP contribution in [0.2, 0.25) is 0 Å². The van der Waals surface area contributed by atoms with E-state index in [9.17, 15) is 0 Å². The van der Waals surface area contributed by atoms with Crippen LogP contribution in [0.5, 0.6) is 0 Å². The molecule has 2 N–H and O–H groups in total. The van der Waals surface area contributed by atoms with Crippen LogP contribution >= 0.6 is 0 Å². The Labute approximate surface area is 141 Å². The van der Waals surface area contributed by atoms with Gasteiger partial charge in [0, 0.05) is 39.4 Å². The summed E-state index contributed by atoms with van der Waals surface area (Å²) in [6.07, 6.45) is 5.40. The summed E-state index contributed by atoms with van der Waals surface area (Å²) in [6.45, 7) is 0.654. The molecule has 2 heterocycles. The largest absolute Gasteiger partial charge is 0.393 e. The predicted molar refractivity (Wildman–Crippen MR) is 96.4 cm³/mol. The summed E-state index contributed by atoms with van der Waals surface area (Å²) in [5.74, 6) is 1.42. The minimum Gasteiger partial charge on any atom is -0.393 e. The minimum absolute atomic E-state index is 0.570. The molecule has 3 aromatic rings. The first-order valence-electron chi connectivity index (χ1n) is 7.64. The average molecular weight is 323 g/mol. The molecule has 0 saturated heterocycles. The van der Waals surface area contributed by atoms with Gasteiger partial charge in [-0.2, -0.15) is 5.10 Å². The van der Waals surface area contributed by atoms with Crippen molar-refractivity contribution in [1.29, 1.82) is 0 Å². The third kappa shape index (κ3) is 3.15. The number of nitrogens with two attached hydrogens (primary N) is 1. The first kappa shape index (κ1) is 15.8. The summed E-state index contributed by atoms with van der Waals surface area (Å²) in [5.41, 5.74) is 8.88. The Kier molecular flexibility index (Phi) is 4.33. The lowest BCUT2D eigenvalue weighted by Gasteiger charge is -2.22. The van der Waals surface area contributed by atoms with Gasteiger partial charge < -0.3 is 15.5 Å². The van der Waals surface area contributed by atoms with Gasteiger partial charge in [-0.1, -0.05) is 18.2 Å². The summed E-state index contributed by atoms with van der Waals surface area (Å²) in [5, 5.41) is 4.42. The maximum absolute atomic E-state index is 6.21. The second-order valence-corrected chi connectivity index (χ2v) is 5.81. The SMILES string of the molecule is CN(C)c1ncnc(N(C)Cc2cnn(-c3ccccc3)c2)c1N. The smallest absolute Gasteiger partial charge is 0.157 e. The number of nitrogens with zero attached hydrogens (tertiary/aromatic N) is 6. The third-order valence-corrected chi connectivity index (χ3v) is 3.70. The molecule has 0 fully saturated rings. The van der Waals surface area contributed by atoms with Crippen LogP contribution in [0.25, 0.3) is 5.69 Å². The van der Waals surface area contributed by atoms with Crippen molar-refractivity contribution >= 4 is 17.3 Å². The van der Waals surface area contributed by atoms with Crippen LogP contribution in [0.4, 0.5) is 17.3 Å². The quantitative estimate of drug-likeness (QED) is 0.773. The monoisotopic (exact) mass is 323 g/mol. The number of aromatic nitrogens is 4. The molecule has 0 unspecified atom stereocenters. The van der Waals surface area contributed by atoms with Crippen molar-refractivity contribution < 1.29 is 0 Å². The average Bonchev–Trinajstić information content (AvgIpc) is 3.04. The topological polar surface area (TPSA) is 76.1 Å². The second kappa shape index (κ2) is 6.57. The maximum atomic E-state index is 6.21. The van der Waals surface area contributed by atoms with E-state index in [4.69, 9.17) is 5.73 Å². The van der Waals surface area contributed by atoms with Gasteiger partial charge in [-0.3, -0.25) is 0 Å². The third-order valence-electron chi connectivity index (χ3n) is 3.70. The Morgan fingerprint density at radius 1 is 1.04 bits per heavy atom. The minimum atomic E-state index is 0.570. The van der Waals surface area contributed by atoms with Gasteiger partial charge in [-0.25, -0.2) is 14.6 Å². The van der Waals surface area contributed by atoms with Crippen LogP contribution < -0.4 is 15.5 Å². The first-order chi connectivity index (χ1) is 11.6. The van der Waals surface area contributed by atoms with E-state index in [1.54, 1.807) is 0 Å². The Hall–Kier alpha value is -3.09. The van der Waals surface area contributed by atoms with E-state index in [2.05, 4.69) is 15.1 Å². The first-order valence-corrected chi connectivity index (χ1v) is 7.64. The number of hydrogen-bond donors (Lipinski definition) is 1. The molecular formula is C17H21N7. The zero-order chi connectivity index (χ0) is 17.1. The second-order valence-electron chi connectivity index (χ2n) is 5.81. The van der Waals surface area contributed by atoms with Gasteiger partial charge in [0.1, 0.15) is 12.0 Å². The molecule has 124 valence electrons. The Balaban J connectivity index is 1.80. The van der Waals surface area contributed by atoms with Crippen molar-refractivity contribution in [1.82, 2.24) is 19.7 Å². The van der Waals surface area contributed by atoms with Gasteiger partial charge >= 0.3 is 0 Å². The summed E-state index contributed by atoms with van der Waals surface area (Å²) in [7, 11) is 5.77. The highest BCUT2D eigenvalue weighted by Crippen LogP contribution is 2.27. The van der Waals surface area contributed by atoms with Gasteiger partial charge in [0.25, 0.3) is 0 Å². The molecule has 7 nitrogen and oxygen atoms in total. The van der Waals surface area contributed by atoms with Crippen molar-refractivity contribution in [2.24, 2.45) is 0 Å². The van der Waals surface area contributed by atoms with E-state index in [1.807, 2.05) is 78.4 Å². The van der Waals surface area contributed by atoms with Crippen molar-refractivity contribution in [2.75, 3.05) is 36.7 Å². The van der Waals surface area contributed by atoms with Crippen molar-refractivity contribution in [2.45, 2.75) is 6.54 Å². The van der Waals surface area contributed by atoms with E-state index in [1.165, 1.54) is 6.33 Å². The molecule has 0 atom stereocenters. The van der Waals surface area contributed by atoms with Crippen LogP contribution in [0, 0.1) is 0 Å². The summed E-state index contributed by atoms with van der Waals surface area (Å²) in [4.78, 5) is 12.4. The fourth-order valence-corrected chi connectivity index (χ4v) is 2.55. The number of anilines is 3. The van der Waals surface area contributed by atoms with E-state index in [0.717, 1.165) is 11.3 Å².